The summed E-state index contributed by atoms with van der Waals surface area (Å²) in [6.45, 7) is 3.00. The second kappa shape index (κ2) is 4.36. The molecule has 0 aliphatic heterocycles. The number of carboxylic acid groups (broad SMARTS) is 1. The van der Waals surface area contributed by atoms with Crippen LogP contribution in [-0.4, -0.2) is 27.7 Å². The molecule has 0 amide bonds. The quantitative estimate of drug-likeness (QED) is 0.501. The number of aliphatic hydroxyl groups excluding tert-OH is 1. The average Bonchev–Trinajstić information content (AvgIpc) is 1.87. The predicted molar refractivity (Wildman–Crippen MR) is 42.7 cm³/mol. The van der Waals surface area contributed by atoms with E-state index in [1.54, 1.807) is 6.92 Å². The zero-order valence-corrected chi connectivity index (χ0v) is 7.17. The summed E-state index contributed by atoms with van der Waals surface area (Å²) in [4.78, 5) is 10.2. The first kappa shape index (κ1) is 10.5. The molecule has 2 N–H and O–H groups in total. The lowest BCUT2D eigenvalue weighted by molar-refractivity contribution is -0.132. The molecule has 2 atom stereocenters. The fourth-order valence-electron chi connectivity index (χ4n) is 0.460. The summed E-state index contributed by atoms with van der Waals surface area (Å²) in [6.07, 6.45) is 0.327. The molecule has 0 aromatic heterocycles. The van der Waals surface area contributed by atoms with E-state index in [1.807, 2.05) is 0 Å². The highest BCUT2D eigenvalue weighted by atomic mass is 35.5. The van der Waals surface area contributed by atoms with Gasteiger partial charge in [0.1, 0.15) is 0 Å². The summed E-state index contributed by atoms with van der Waals surface area (Å²) in [5, 5.41) is 17.0. The van der Waals surface area contributed by atoms with Gasteiger partial charge in [0, 0.05) is 5.57 Å². The normalized spacial score (nSPS) is 17.6. The van der Waals surface area contributed by atoms with Gasteiger partial charge in [0.25, 0.3) is 0 Å². The van der Waals surface area contributed by atoms with E-state index in [2.05, 4.69) is 0 Å². The number of carbonyl (C=O) groups is 1. The Morgan fingerprint density at radius 3 is 2.36 bits per heavy atom. The molecule has 3 nitrogen and oxygen atoms in total. The monoisotopic (exact) mass is 178 g/mol. The molecular formula is C7H11ClO3. The van der Waals surface area contributed by atoms with E-state index >= 15 is 0 Å². The Morgan fingerprint density at radius 2 is 2.09 bits per heavy atom. The minimum absolute atomic E-state index is 0.102. The van der Waals surface area contributed by atoms with Crippen molar-refractivity contribution in [2.45, 2.75) is 25.3 Å². The number of halogens is 1. The van der Waals surface area contributed by atoms with Crippen LogP contribution in [0.5, 0.6) is 0 Å². The van der Waals surface area contributed by atoms with Crippen LogP contribution in [0.25, 0.3) is 0 Å². The van der Waals surface area contributed by atoms with Gasteiger partial charge in [0.2, 0.25) is 0 Å². The highest BCUT2D eigenvalue weighted by Crippen LogP contribution is 2.05. The van der Waals surface area contributed by atoms with Crippen molar-refractivity contribution in [3.05, 3.63) is 11.6 Å². The Morgan fingerprint density at radius 1 is 1.64 bits per heavy atom. The van der Waals surface area contributed by atoms with Gasteiger partial charge in [0.05, 0.1) is 11.5 Å². The zero-order chi connectivity index (χ0) is 9.02. The van der Waals surface area contributed by atoms with Gasteiger partial charge in [-0.3, -0.25) is 0 Å². The van der Waals surface area contributed by atoms with E-state index in [0.29, 0.717) is 0 Å². The lowest BCUT2D eigenvalue weighted by Crippen LogP contribution is -2.16. The smallest absolute Gasteiger partial charge is 0.331 e. The Labute approximate surface area is 70.3 Å². The van der Waals surface area contributed by atoms with Crippen molar-refractivity contribution in [3.63, 3.8) is 0 Å². The summed E-state index contributed by atoms with van der Waals surface area (Å²) in [6, 6.07) is 0. The first-order valence-electron chi connectivity index (χ1n) is 3.19. The molecule has 11 heavy (non-hydrogen) atoms. The van der Waals surface area contributed by atoms with Gasteiger partial charge in [-0.05, 0) is 19.9 Å². The van der Waals surface area contributed by atoms with E-state index in [9.17, 15) is 4.79 Å². The average molecular weight is 179 g/mol. The van der Waals surface area contributed by atoms with Crippen molar-refractivity contribution in [3.8, 4) is 0 Å². The van der Waals surface area contributed by atoms with Crippen LogP contribution in [0.15, 0.2) is 11.6 Å². The molecule has 0 spiro atoms. The third kappa shape index (κ3) is 4.01. The summed E-state index contributed by atoms with van der Waals surface area (Å²) in [5.41, 5.74) is 0.102. The van der Waals surface area contributed by atoms with Crippen molar-refractivity contribution >= 4 is 17.6 Å². The van der Waals surface area contributed by atoms with Gasteiger partial charge in [0.15, 0.2) is 0 Å². The number of aliphatic hydroxyl groups is 1. The Kier molecular flexibility index (Phi) is 4.15. The highest BCUT2D eigenvalue weighted by molar-refractivity contribution is 6.20. The molecule has 0 saturated heterocycles. The first-order valence-corrected chi connectivity index (χ1v) is 3.62. The summed E-state index contributed by atoms with van der Waals surface area (Å²) < 4.78 is 0. The Balaban J connectivity index is 4.19. The molecule has 64 valence electrons. The van der Waals surface area contributed by atoms with Gasteiger partial charge < -0.3 is 10.2 Å². The van der Waals surface area contributed by atoms with Crippen molar-refractivity contribution in [2.24, 2.45) is 0 Å². The lowest BCUT2D eigenvalue weighted by atomic mass is 10.2. The van der Waals surface area contributed by atoms with Gasteiger partial charge in [-0.25, -0.2) is 4.79 Å². The van der Waals surface area contributed by atoms with Gasteiger partial charge in [-0.2, -0.15) is 0 Å². The number of aliphatic carboxylic acids is 1. The second-order valence-electron chi connectivity index (χ2n) is 2.32. The second-order valence-corrected chi connectivity index (χ2v) is 3.01. The third-order valence-corrected chi connectivity index (χ3v) is 1.49. The van der Waals surface area contributed by atoms with Crippen LogP contribution >= 0.6 is 11.6 Å². The number of hydrogen-bond acceptors (Lipinski definition) is 2. The molecule has 0 aromatic rings. The molecule has 0 saturated carbocycles. The number of alkyl halides is 1. The first-order chi connectivity index (χ1) is 4.95. The predicted octanol–water partition coefficient (Wildman–Crippen LogP) is 1.01. The molecule has 0 aromatic carbocycles. The van der Waals surface area contributed by atoms with Crippen molar-refractivity contribution in [1.82, 2.24) is 0 Å². The molecule has 4 heteroatoms. The summed E-state index contributed by atoms with van der Waals surface area (Å²) in [5.74, 6) is -1.04. The zero-order valence-electron chi connectivity index (χ0n) is 6.41. The van der Waals surface area contributed by atoms with Crippen molar-refractivity contribution in [1.29, 1.82) is 0 Å². The van der Waals surface area contributed by atoms with E-state index in [-0.39, 0.29) is 5.57 Å². The number of hydrogen-bond donors (Lipinski definition) is 2. The highest BCUT2D eigenvalue weighted by Gasteiger charge is 2.10. The van der Waals surface area contributed by atoms with Crippen molar-refractivity contribution in [2.75, 3.05) is 0 Å². The largest absolute Gasteiger partial charge is 0.478 e. The number of carboxylic acids is 1. The fourth-order valence-corrected chi connectivity index (χ4v) is 0.533. The molecule has 0 bridgehead atoms. The van der Waals surface area contributed by atoms with Crippen LogP contribution < -0.4 is 0 Å². The molecule has 0 heterocycles. The standard InChI is InChI=1S/C7H11ClO3/c1-4(7(10)11)3-6(9)5(2)8/h3,5-6,9H,1-2H3,(H,10,11)/b4-3+. The van der Waals surface area contributed by atoms with Crippen LogP contribution in [0.4, 0.5) is 0 Å². The van der Waals surface area contributed by atoms with Crippen LogP contribution in [0.1, 0.15) is 13.8 Å². The Bertz CT molecular complexity index is 175. The number of rotatable bonds is 3. The topological polar surface area (TPSA) is 57.5 Å². The molecule has 2 unspecified atom stereocenters. The molecular weight excluding hydrogens is 168 g/mol. The molecule has 0 aliphatic carbocycles. The van der Waals surface area contributed by atoms with Crippen molar-refractivity contribution < 1.29 is 15.0 Å². The van der Waals surface area contributed by atoms with E-state index in [1.165, 1.54) is 13.0 Å². The van der Waals surface area contributed by atoms with Gasteiger partial charge in [-0.1, -0.05) is 0 Å². The van der Waals surface area contributed by atoms with E-state index < -0.39 is 17.5 Å². The van der Waals surface area contributed by atoms with Crippen LogP contribution in [0.2, 0.25) is 0 Å². The van der Waals surface area contributed by atoms with Gasteiger partial charge in [-0.15, -0.1) is 11.6 Å². The summed E-state index contributed by atoms with van der Waals surface area (Å²) in [7, 11) is 0. The SMILES string of the molecule is C/C(=C\C(O)C(C)Cl)C(=O)O. The molecule has 0 aliphatic rings. The van der Waals surface area contributed by atoms with Gasteiger partial charge >= 0.3 is 5.97 Å². The maximum atomic E-state index is 10.2. The minimum Gasteiger partial charge on any atom is -0.478 e. The fraction of sp³-hybridized carbons (Fsp3) is 0.571. The maximum absolute atomic E-state index is 10.2. The minimum atomic E-state index is -1.04. The Hall–Kier alpha value is -0.540. The molecule has 0 radical (unpaired) electrons. The maximum Gasteiger partial charge on any atom is 0.331 e. The van der Waals surface area contributed by atoms with Crippen LogP contribution in [-0.2, 0) is 4.79 Å². The van der Waals surface area contributed by atoms with E-state index in [0.717, 1.165) is 0 Å². The van der Waals surface area contributed by atoms with Crippen LogP contribution in [0, 0.1) is 0 Å². The third-order valence-electron chi connectivity index (χ3n) is 1.23. The molecule has 0 fully saturated rings. The summed E-state index contributed by atoms with van der Waals surface area (Å²) >= 11 is 5.49. The van der Waals surface area contributed by atoms with E-state index in [4.69, 9.17) is 21.8 Å². The lowest BCUT2D eigenvalue weighted by Gasteiger charge is -2.07. The van der Waals surface area contributed by atoms with Crippen LogP contribution in [0.3, 0.4) is 0 Å². The molecule has 0 rings (SSSR count).